The van der Waals surface area contributed by atoms with Crippen molar-refractivity contribution in [2.75, 3.05) is 13.1 Å². The summed E-state index contributed by atoms with van der Waals surface area (Å²) < 4.78 is 5.77. The molecule has 3 rings (SSSR count). The van der Waals surface area contributed by atoms with E-state index in [2.05, 4.69) is 0 Å². The first-order valence-corrected chi connectivity index (χ1v) is 7.69. The second-order valence-corrected chi connectivity index (χ2v) is 6.02. The van der Waals surface area contributed by atoms with Crippen LogP contribution in [-0.2, 0) is 0 Å². The zero-order chi connectivity index (χ0) is 15.0. The van der Waals surface area contributed by atoms with Gasteiger partial charge in [0, 0.05) is 35.1 Å². The molecule has 1 aromatic carbocycles. The summed E-state index contributed by atoms with van der Waals surface area (Å²) in [7, 11) is 0. The molecule has 1 amide bonds. The maximum atomic E-state index is 12.8. The number of piperidine rings is 1. The quantitative estimate of drug-likeness (QED) is 0.925. The molecule has 1 atom stereocenters. The third-order valence-corrected chi connectivity index (χ3v) is 4.49. The predicted octanol–water partition coefficient (Wildman–Crippen LogP) is 3.35. The van der Waals surface area contributed by atoms with E-state index in [1.807, 2.05) is 17.9 Å². The average molecular weight is 307 g/mol. The molecule has 0 bridgehead atoms. The molecule has 0 radical (unpaired) electrons. The maximum Gasteiger partial charge on any atom is 0.290 e. The molecule has 21 heavy (non-hydrogen) atoms. The summed E-state index contributed by atoms with van der Waals surface area (Å²) in [5.74, 6) is 0.350. The number of halogens is 1. The molecular weight excluding hydrogens is 288 g/mol. The lowest BCUT2D eigenvalue weighted by molar-refractivity contribution is 0.0592. The van der Waals surface area contributed by atoms with E-state index >= 15 is 0 Å². The average Bonchev–Trinajstić information content (AvgIpc) is 2.83. The van der Waals surface area contributed by atoms with Gasteiger partial charge in [0.05, 0.1) is 0 Å². The first-order chi connectivity index (χ1) is 10.1. The molecule has 112 valence electrons. The van der Waals surface area contributed by atoms with Crippen LogP contribution in [0.2, 0.25) is 5.02 Å². The fourth-order valence-electron chi connectivity index (χ4n) is 3.04. The van der Waals surface area contributed by atoms with Crippen LogP contribution in [-0.4, -0.2) is 29.9 Å². The molecule has 1 unspecified atom stereocenters. The molecule has 0 saturated carbocycles. The normalized spacial score (nSPS) is 19.2. The molecule has 1 saturated heterocycles. The maximum absolute atomic E-state index is 12.8. The minimum Gasteiger partial charge on any atom is -0.451 e. The highest BCUT2D eigenvalue weighted by molar-refractivity contribution is 6.31. The molecule has 1 aromatic heterocycles. The van der Waals surface area contributed by atoms with Crippen molar-refractivity contribution in [3.63, 3.8) is 0 Å². The summed E-state index contributed by atoms with van der Waals surface area (Å²) in [6, 6.07) is 5.52. The smallest absolute Gasteiger partial charge is 0.290 e. The van der Waals surface area contributed by atoms with Crippen LogP contribution in [0, 0.1) is 6.92 Å². The Hall–Kier alpha value is -1.52. The first-order valence-electron chi connectivity index (χ1n) is 7.31. The number of carbonyl (C=O) groups is 1. The molecule has 1 aliphatic rings. The van der Waals surface area contributed by atoms with Crippen molar-refractivity contribution in [1.29, 1.82) is 0 Å². The van der Waals surface area contributed by atoms with Crippen molar-refractivity contribution in [3.8, 4) is 0 Å². The number of aryl methyl sites for hydroxylation is 1. The highest BCUT2D eigenvalue weighted by Crippen LogP contribution is 2.30. The molecule has 2 heterocycles. The molecule has 0 spiro atoms. The van der Waals surface area contributed by atoms with Gasteiger partial charge in [-0.3, -0.25) is 4.79 Å². The van der Waals surface area contributed by atoms with Crippen LogP contribution in [0.5, 0.6) is 0 Å². The third kappa shape index (κ3) is 2.54. The SMILES string of the molecule is Cc1c(C(=O)N2CCCCC2CN)oc2ccc(Cl)cc12. The van der Waals surface area contributed by atoms with Crippen molar-refractivity contribution >= 4 is 28.5 Å². The molecule has 1 fully saturated rings. The zero-order valence-electron chi connectivity index (χ0n) is 12.1. The second-order valence-electron chi connectivity index (χ2n) is 5.58. The van der Waals surface area contributed by atoms with Gasteiger partial charge in [0.1, 0.15) is 5.58 Å². The Morgan fingerprint density at radius 2 is 2.29 bits per heavy atom. The predicted molar refractivity (Wildman–Crippen MR) is 83.7 cm³/mol. The number of hydrogen-bond donors (Lipinski definition) is 1. The van der Waals surface area contributed by atoms with E-state index in [1.54, 1.807) is 12.1 Å². The zero-order valence-corrected chi connectivity index (χ0v) is 12.8. The van der Waals surface area contributed by atoms with Crippen LogP contribution < -0.4 is 5.73 Å². The van der Waals surface area contributed by atoms with E-state index in [0.717, 1.165) is 36.8 Å². The van der Waals surface area contributed by atoms with Gasteiger partial charge in [-0.15, -0.1) is 0 Å². The lowest BCUT2D eigenvalue weighted by Gasteiger charge is -2.34. The summed E-state index contributed by atoms with van der Waals surface area (Å²) >= 11 is 6.02. The number of hydrogen-bond acceptors (Lipinski definition) is 3. The van der Waals surface area contributed by atoms with E-state index in [1.165, 1.54) is 0 Å². The van der Waals surface area contributed by atoms with Crippen LogP contribution in [0.15, 0.2) is 22.6 Å². The summed E-state index contributed by atoms with van der Waals surface area (Å²) in [4.78, 5) is 14.6. The van der Waals surface area contributed by atoms with Crippen LogP contribution >= 0.6 is 11.6 Å². The number of amides is 1. The van der Waals surface area contributed by atoms with Gasteiger partial charge in [-0.1, -0.05) is 11.6 Å². The van der Waals surface area contributed by atoms with Crippen LogP contribution in [0.4, 0.5) is 0 Å². The van der Waals surface area contributed by atoms with E-state index < -0.39 is 0 Å². The Morgan fingerprint density at radius 1 is 1.48 bits per heavy atom. The van der Waals surface area contributed by atoms with Gasteiger partial charge in [0.15, 0.2) is 5.76 Å². The number of carbonyl (C=O) groups excluding carboxylic acids is 1. The van der Waals surface area contributed by atoms with E-state index in [9.17, 15) is 4.79 Å². The Morgan fingerprint density at radius 3 is 3.05 bits per heavy atom. The third-order valence-electron chi connectivity index (χ3n) is 4.25. The number of nitrogens with two attached hydrogens (primary N) is 1. The van der Waals surface area contributed by atoms with Gasteiger partial charge < -0.3 is 15.1 Å². The monoisotopic (exact) mass is 306 g/mol. The first kappa shape index (κ1) is 14.4. The molecule has 4 nitrogen and oxygen atoms in total. The van der Waals surface area contributed by atoms with Gasteiger partial charge in [-0.2, -0.15) is 0 Å². The number of rotatable bonds is 2. The summed E-state index contributed by atoms with van der Waals surface area (Å²) in [5, 5.41) is 1.54. The van der Waals surface area contributed by atoms with E-state index in [-0.39, 0.29) is 11.9 Å². The lowest BCUT2D eigenvalue weighted by atomic mass is 10.0. The Balaban J connectivity index is 1.99. The largest absolute Gasteiger partial charge is 0.451 e. The topological polar surface area (TPSA) is 59.5 Å². The van der Waals surface area contributed by atoms with Crippen molar-refractivity contribution in [2.24, 2.45) is 5.73 Å². The number of fused-ring (bicyclic) bond motifs is 1. The van der Waals surface area contributed by atoms with Crippen molar-refractivity contribution in [3.05, 3.63) is 34.5 Å². The molecule has 2 aromatic rings. The number of benzene rings is 1. The van der Waals surface area contributed by atoms with Crippen molar-refractivity contribution < 1.29 is 9.21 Å². The van der Waals surface area contributed by atoms with Gasteiger partial charge >= 0.3 is 0 Å². The van der Waals surface area contributed by atoms with Gasteiger partial charge in [-0.25, -0.2) is 0 Å². The number of nitrogens with zero attached hydrogens (tertiary/aromatic N) is 1. The summed E-state index contributed by atoms with van der Waals surface area (Å²) in [6.07, 6.45) is 3.11. The van der Waals surface area contributed by atoms with Gasteiger partial charge in [0.25, 0.3) is 5.91 Å². The highest BCUT2D eigenvalue weighted by atomic mass is 35.5. The standard InChI is InChI=1S/C16H19ClN2O2/c1-10-13-8-11(17)5-6-14(13)21-15(10)16(20)19-7-3-2-4-12(19)9-18/h5-6,8,12H,2-4,7,9,18H2,1H3. The lowest BCUT2D eigenvalue weighted by Crippen LogP contribution is -2.47. The van der Waals surface area contributed by atoms with Crippen LogP contribution in [0.3, 0.4) is 0 Å². The number of likely N-dealkylation sites (tertiary alicyclic amines) is 1. The fourth-order valence-corrected chi connectivity index (χ4v) is 3.21. The Kier molecular flexibility index (Phi) is 3.91. The van der Waals surface area contributed by atoms with Crippen molar-refractivity contribution in [1.82, 2.24) is 4.90 Å². The second kappa shape index (κ2) is 5.70. The summed E-state index contributed by atoms with van der Waals surface area (Å²) in [6.45, 7) is 3.14. The minimum atomic E-state index is -0.0602. The Labute approximate surface area is 128 Å². The Bertz CT molecular complexity index is 680. The molecular formula is C16H19ClN2O2. The van der Waals surface area contributed by atoms with E-state index in [0.29, 0.717) is 22.9 Å². The fraction of sp³-hybridized carbons (Fsp3) is 0.438. The minimum absolute atomic E-state index is 0.0602. The highest BCUT2D eigenvalue weighted by Gasteiger charge is 2.30. The summed E-state index contributed by atoms with van der Waals surface area (Å²) in [5.41, 5.74) is 7.34. The van der Waals surface area contributed by atoms with Crippen LogP contribution in [0.1, 0.15) is 35.4 Å². The van der Waals surface area contributed by atoms with Crippen molar-refractivity contribution in [2.45, 2.75) is 32.2 Å². The van der Waals surface area contributed by atoms with Gasteiger partial charge in [0.2, 0.25) is 0 Å². The van der Waals surface area contributed by atoms with Crippen LogP contribution in [0.25, 0.3) is 11.0 Å². The molecule has 1 aliphatic heterocycles. The number of furan rings is 1. The van der Waals surface area contributed by atoms with E-state index in [4.69, 9.17) is 21.8 Å². The molecule has 2 N–H and O–H groups in total. The van der Waals surface area contributed by atoms with Gasteiger partial charge in [-0.05, 0) is 44.4 Å². The molecule has 0 aliphatic carbocycles. The molecule has 5 heteroatoms.